The summed E-state index contributed by atoms with van der Waals surface area (Å²) < 4.78 is 22.8. The van der Waals surface area contributed by atoms with Gasteiger partial charge in [-0.25, -0.2) is 4.39 Å². The monoisotopic (exact) mass is 704 g/mol. The number of fused-ring (bicyclic) bond motifs is 6. The number of rotatable bonds is 4. The SMILES string of the molecule is CC(C)c1cccc(C(C)C)c1-n1c(-c2[c-]ccc3c2oc2cc(F)ccc23)nc2ccc3ccccc3c21.[Ir]. The Morgan fingerprint density at radius 3 is 2.30 bits per heavy atom. The first-order valence-electron chi connectivity index (χ1n) is 13.5. The van der Waals surface area contributed by atoms with Gasteiger partial charge in [0.1, 0.15) is 11.4 Å². The van der Waals surface area contributed by atoms with E-state index in [0.717, 1.165) is 49.7 Å². The summed E-state index contributed by atoms with van der Waals surface area (Å²) in [6.07, 6.45) is 0. The van der Waals surface area contributed by atoms with Crippen molar-refractivity contribution in [3.63, 3.8) is 0 Å². The maximum atomic E-state index is 14.1. The second-order valence-corrected chi connectivity index (χ2v) is 10.9. The first kappa shape index (κ1) is 26.4. The molecule has 0 saturated heterocycles. The van der Waals surface area contributed by atoms with Gasteiger partial charge in [0.2, 0.25) is 0 Å². The molecule has 0 bridgehead atoms. The van der Waals surface area contributed by atoms with E-state index in [1.165, 1.54) is 23.3 Å². The van der Waals surface area contributed by atoms with Crippen LogP contribution in [0, 0.1) is 11.9 Å². The van der Waals surface area contributed by atoms with Gasteiger partial charge in [0.25, 0.3) is 0 Å². The zero-order valence-corrected chi connectivity index (χ0v) is 25.1. The van der Waals surface area contributed by atoms with Gasteiger partial charge in [0, 0.05) is 42.6 Å². The van der Waals surface area contributed by atoms with E-state index >= 15 is 0 Å². The first-order valence-corrected chi connectivity index (χ1v) is 13.5. The Balaban J connectivity index is 0.00000289. The Morgan fingerprint density at radius 2 is 1.55 bits per heavy atom. The molecule has 0 atom stereocenters. The van der Waals surface area contributed by atoms with Crippen molar-refractivity contribution in [3.05, 3.63) is 108 Å². The number of hydrogen-bond donors (Lipinski definition) is 0. The average molecular weight is 704 g/mol. The number of para-hydroxylation sites is 1. The maximum absolute atomic E-state index is 14.1. The normalized spacial score (nSPS) is 11.9. The summed E-state index contributed by atoms with van der Waals surface area (Å²) in [5, 5.41) is 4.09. The van der Waals surface area contributed by atoms with Crippen LogP contribution in [0.25, 0.3) is 60.8 Å². The molecule has 2 heterocycles. The molecule has 3 nitrogen and oxygen atoms in total. The summed E-state index contributed by atoms with van der Waals surface area (Å²) in [6.45, 7) is 8.95. The van der Waals surface area contributed by atoms with Crippen LogP contribution in [0.3, 0.4) is 0 Å². The van der Waals surface area contributed by atoms with Crippen molar-refractivity contribution < 1.29 is 28.9 Å². The second-order valence-electron chi connectivity index (χ2n) is 10.9. The minimum Gasteiger partial charge on any atom is -0.500 e. The Hall–Kier alpha value is -3.79. The first-order chi connectivity index (χ1) is 18.9. The van der Waals surface area contributed by atoms with Gasteiger partial charge < -0.3 is 8.98 Å². The Bertz CT molecular complexity index is 2020. The molecule has 40 heavy (non-hydrogen) atoms. The molecule has 0 unspecified atom stereocenters. The zero-order valence-electron chi connectivity index (χ0n) is 22.8. The third-order valence-corrected chi connectivity index (χ3v) is 7.73. The van der Waals surface area contributed by atoms with Gasteiger partial charge in [0.15, 0.2) is 0 Å². The molecular formula is C35H28FIrN2O-. The van der Waals surface area contributed by atoms with Gasteiger partial charge >= 0.3 is 0 Å². The number of nitrogens with zero attached hydrogens (tertiary/aromatic N) is 2. The summed E-state index contributed by atoms with van der Waals surface area (Å²) in [6, 6.07) is 31.3. The molecule has 0 aliphatic carbocycles. The molecule has 7 rings (SSSR count). The van der Waals surface area contributed by atoms with Crippen LogP contribution >= 0.6 is 0 Å². The van der Waals surface area contributed by atoms with Gasteiger partial charge in [-0.3, -0.25) is 4.98 Å². The van der Waals surface area contributed by atoms with Crippen LogP contribution in [-0.4, -0.2) is 9.55 Å². The number of benzene rings is 5. The smallest absolute Gasteiger partial charge is 0.126 e. The fourth-order valence-electron chi connectivity index (χ4n) is 5.88. The number of imidazole rings is 1. The molecule has 5 aromatic carbocycles. The molecule has 0 saturated carbocycles. The van der Waals surface area contributed by atoms with E-state index in [0.29, 0.717) is 23.0 Å². The van der Waals surface area contributed by atoms with Crippen LogP contribution in [0.1, 0.15) is 50.7 Å². The fourth-order valence-corrected chi connectivity index (χ4v) is 5.88. The summed E-state index contributed by atoms with van der Waals surface area (Å²) in [7, 11) is 0. The molecule has 1 radical (unpaired) electrons. The number of furan rings is 1. The van der Waals surface area contributed by atoms with Gasteiger partial charge in [-0.1, -0.05) is 87.2 Å². The van der Waals surface area contributed by atoms with Gasteiger partial charge in [0.05, 0.1) is 22.4 Å². The summed E-state index contributed by atoms with van der Waals surface area (Å²) in [5.74, 6) is 1.04. The van der Waals surface area contributed by atoms with Crippen LogP contribution < -0.4 is 0 Å². The molecule has 0 N–H and O–H groups in total. The minimum absolute atomic E-state index is 0. The fraction of sp³-hybridized carbons (Fsp3) is 0.171. The zero-order chi connectivity index (χ0) is 26.8. The van der Waals surface area contributed by atoms with E-state index in [-0.39, 0.29) is 25.9 Å². The number of aromatic nitrogens is 2. The van der Waals surface area contributed by atoms with Crippen molar-refractivity contribution >= 4 is 43.7 Å². The largest absolute Gasteiger partial charge is 0.500 e. The van der Waals surface area contributed by atoms with Crippen molar-refractivity contribution in [2.24, 2.45) is 0 Å². The number of hydrogen-bond acceptors (Lipinski definition) is 2. The number of halogens is 1. The second kappa shape index (κ2) is 9.99. The molecule has 0 amide bonds. The molecule has 2 aromatic heterocycles. The topological polar surface area (TPSA) is 31.0 Å². The van der Waals surface area contributed by atoms with Crippen LogP contribution in [-0.2, 0) is 20.1 Å². The van der Waals surface area contributed by atoms with E-state index in [2.05, 4.69) is 92.9 Å². The Kier molecular flexibility index (Phi) is 6.60. The van der Waals surface area contributed by atoms with Gasteiger partial charge in [-0.05, 0) is 46.5 Å². The predicted octanol–water partition coefficient (Wildman–Crippen LogP) is 9.93. The van der Waals surface area contributed by atoms with Crippen LogP contribution in [0.5, 0.6) is 0 Å². The molecular weight excluding hydrogens is 676 g/mol. The van der Waals surface area contributed by atoms with E-state index < -0.39 is 0 Å². The molecule has 201 valence electrons. The van der Waals surface area contributed by atoms with E-state index in [1.54, 1.807) is 6.07 Å². The minimum atomic E-state index is -0.321. The summed E-state index contributed by atoms with van der Waals surface area (Å²) in [4.78, 5) is 5.25. The standard InChI is InChI=1S/C35H28FN2O.Ir/c1-20(2)24-11-7-12-25(21(3)4)32(24)38-33-26-10-6-5-9-22(26)15-18-30(33)37-35(38)29-14-8-13-28-27-17-16-23(36)19-31(27)39-34(28)29;/h5-13,15-21H,1-4H3;/q-1;. The molecule has 7 aromatic rings. The summed E-state index contributed by atoms with van der Waals surface area (Å²) in [5.41, 5.74) is 7.58. The van der Waals surface area contributed by atoms with Crippen molar-refractivity contribution in [2.45, 2.75) is 39.5 Å². The third-order valence-electron chi connectivity index (χ3n) is 7.73. The van der Waals surface area contributed by atoms with E-state index in [1.807, 2.05) is 12.1 Å². The van der Waals surface area contributed by atoms with Crippen LogP contribution in [0.15, 0.2) is 89.3 Å². The average Bonchev–Trinajstić information content (AvgIpc) is 3.50. The molecule has 0 aliphatic rings. The van der Waals surface area contributed by atoms with Crippen LogP contribution in [0.2, 0.25) is 0 Å². The van der Waals surface area contributed by atoms with E-state index in [4.69, 9.17) is 9.40 Å². The van der Waals surface area contributed by atoms with Crippen molar-refractivity contribution in [2.75, 3.05) is 0 Å². The molecule has 5 heteroatoms. The van der Waals surface area contributed by atoms with E-state index in [9.17, 15) is 4.39 Å². The van der Waals surface area contributed by atoms with Crippen molar-refractivity contribution in [1.29, 1.82) is 0 Å². The molecule has 0 aliphatic heterocycles. The van der Waals surface area contributed by atoms with Crippen molar-refractivity contribution in [3.8, 4) is 17.1 Å². The Morgan fingerprint density at radius 1 is 0.800 bits per heavy atom. The maximum Gasteiger partial charge on any atom is 0.126 e. The molecule has 0 spiro atoms. The quantitative estimate of drug-likeness (QED) is 0.171. The Labute approximate surface area is 246 Å². The van der Waals surface area contributed by atoms with Gasteiger partial charge in [-0.2, -0.15) is 0 Å². The van der Waals surface area contributed by atoms with Crippen molar-refractivity contribution in [1.82, 2.24) is 9.55 Å². The third kappa shape index (κ3) is 3.99. The predicted molar refractivity (Wildman–Crippen MR) is 158 cm³/mol. The van der Waals surface area contributed by atoms with Crippen LogP contribution in [0.4, 0.5) is 4.39 Å². The molecule has 0 fully saturated rings. The van der Waals surface area contributed by atoms with Gasteiger partial charge in [-0.15, -0.1) is 18.2 Å². The summed E-state index contributed by atoms with van der Waals surface area (Å²) >= 11 is 0.